The molecular formula is C13H22O3. The summed E-state index contributed by atoms with van der Waals surface area (Å²) in [6, 6.07) is 0. The maximum atomic E-state index is 11.7. The highest BCUT2D eigenvalue weighted by atomic mass is 16.4. The van der Waals surface area contributed by atoms with E-state index in [4.69, 9.17) is 0 Å². The van der Waals surface area contributed by atoms with Gasteiger partial charge in [0.25, 0.3) is 0 Å². The SMILES string of the molecule is CCCCCC(=O)CC1(C(=O)O)CCCC1. The van der Waals surface area contributed by atoms with E-state index < -0.39 is 11.4 Å². The van der Waals surface area contributed by atoms with Crippen LogP contribution in [0.15, 0.2) is 0 Å². The van der Waals surface area contributed by atoms with Gasteiger partial charge in [-0.15, -0.1) is 0 Å². The first-order chi connectivity index (χ1) is 7.60. The maximum Gasteiger partial charge on any atom is 0.310 e. The molecule has 0 aromatic heterocycles. The van der Waals surface area contributed by atoms with Crippen LogP contribution in [0.4, 0.5) is 0 Å². The highest BCUT2D eigenvalue weighted by molar-refractivity contribution is 5.86. The second-order valence-corrected chi connectivity index (χ2v) is 4.97. The molecule has 16 heavy (non-hydrogen) atoms. The van der Waals surface area contributed by atoms with Gasteiger partial charge >= 0.3 is 5.97 Å². The molecule has 0 amide bonds. The number of carboxylic acid groups (broad SMARTS) is 1. The van der Waals surface area contributed by atoms with Crippen molar-refractivity contribution in [3.05, 3.63) is 0 Å². The lowest BCUT2D eigenvalue weighted by Gasteiger charge is -2.22. The zero-order valence-electron chi connectivity index (χ0n) is 10.1. The largest absolute Gasteiger partial charge is 0.481 e. The molecule has 1 fully saturated rings. The highest BCUT2D eigenvalue weighted by Gasteiger charge is 2.42. The fourth-order valence-electron chi connectivity index (χ4n) is 2.56. The third-order valence-electron chi connectivity index (χ3n) is 3.61. The average Bonchev–Trinajstić information content (AvgIpc) is 2.68. The molecule has 0 unspecified atom stereocenters. The average molecular weight is 226 g/mol. The van der Waals surface area contributed by atoms with E-state index in [-0.39, 0.29) is 12.2 Å². The number of hydrogen-bond donors (Lipinski definition) is 1. The minimum Gasteiger partial charge on any atom is -0.481 e. The van der Waals surface area contributed by atoms with Crippen LogP contribution in [-0.4, -0.2) is 16.9 Å². The van der Waals surface area contributed by atoms with Crippen LogP contribution in [0.5, 0.6) is 0 Å². The van der Waals surface area contributed by atoms with E-state index in [1.165, 1.54) is 0 Å². The molecule has 92 valence electrons. The van der Waals surface area contributed by atoms with Crippen molar-refractivity contribution in [2.24, 2.45) is 5.41 Å². The Morgan fingerprint density at radius 1 is 1.19 bits per heavy atom. The Labute approximate surface area is 97.2 Å². The van der Waals surface area contributed by atoms with Crippen LogP contribution in [0, 0.1) is 5.41 Å². The predicted molar refractivity (Wildman–Crippen MR) is 62.3 cm³/mol. The van der Waals surface area contributed by atoms with Gasteiger partial charge in [0.1, 0.15) is 5.78 Å². The van der Waals surface area contributed by atoms with Crippen molar-refractivity contribution in [3.63, 3.8) is 0 Å². The molecule has 3 nitrogen and oxygen atoms in total. The van der Waals surface area contributed by atoms with Crippen LogP contribution in [0.25, 0.3) is 0 Å². The third-order valence-corrected chi connectivity index (χ3v) is 3.61. The predicted octanol–water partition coefficient (Wildman–Crippen LogP) is 3.17. The van der Waals surface area contributed by atoms with Gasteiger partial charge in [-0.1, -0.05) is 32.6 Å². The summed E-state index contributed by atoms with van der Waals surface area (Å²) in [7, 11) is 0. The van der Waals surface area contributed by atoms with Crippen LogP contribution < -0.4 is 0 Å². The fourth-order valence-corrected chi connectivity index (χ4v) is 2.56. The van der Waals surface area contributed by atoms with Crippen molar-refractivity contribution >= 4 is 11.8 Å². The topological polar surface area (TPSA) is 54.4 Å². The molecule has 0 saturated heterocycles. The number of unbranched alkanes of at least 4 members (excludes halogenated alkanes) is 2. The van der Waals surface area contributed by atoms with Crippen LogP contribution in [0.1, 0.15) is 64.7 Å². The van der Waals surface area contributed by atoms with Crippen molar-refractivity contribution < 1.29 is 14.7 Å². The normalized spacial score (nSPS) is 18.6. The number of carboxylic acids is 1. The Morgan fingerprint density at radius 3 is 2.31 bits per heavy atom. The van der Waals surface area contributed by atoms with Crippen molar-refractivity contribution in [1.29, 1.82) is 0 Å². The minimum absolute atomic E-state index is 0.137. The first kappa shape index (κ1) is 13.2. The zero-order chi connectivity index (χ0) is 12.0. The summed E-state index contributed by atoms with van der Waals surface area (Å²) in [6.45, 7) is 2.10. The van der Waals surface area contributed by atoms with Gasteiger partial charge in [0, 0.05) is 12.8 Å². The molecule has 3 heteroatoms. The lowest BCUT2D eigenvalue weighted by Crippen LogP contribution is -2.30. The van der Waals surface area contributed by atoms with Crippen LogP contribution in [-0.2, 0) is 9.59 Å². The molecule has 0 aromatic rings. The molecule has 0 aromatic carbocycles. The summed E-state index contributed by atoms with van der Waals surface area (Å²) >= 11 is 0. The van der Waals surface area contributed by atoms with Gasteiger partial charge in [0.05, 0.1) is 5.41 Å². The number of Topliss-reactive ketones (excluding diaryl/α,β-unsaturated/α-hetero) is 1. The lowest BCUT2D eigenvalue weighted by atomic mass is 9.80. The first-order valence-corrected chi connectivity index (χ1v) is 6.36. The van der Waals surface area contributed by atoms with Crippen molar-refractivity contribution in [3.8, 4) is 0 Å². The van der Waals surface area contributed by atoms with E-state index in [2.05, 4.69) is 6.92 Å². The van der Waals surface area contributed by atoms with Gasteiger partial charge in [-0.2, -0.15) is 0 Å². The van der Waals surface area contributed by atoms with Crippen molar-refractivity contribution in [1.82, 2.24) is 0 Å². The summed E-state index contributed by atoms with van der Waals surface area (Å²) in [6.07, 6.45) is 7.15. The first-order valence-electron chi connectivity index (χ1n) is 6.36. The van der Waals surface area contributed by atoms with Gasteiger partial charge in [0.15, 0.2) is 0 Å². The summed E-state index contributed by atoms with van der Waals surface area (Å²) in [5.74, 6) is -0.633. The molecular weight excluding hydrogens is 204 g/mol. The van der Waals surface area contributed by atoms with Gasteiger partial charge in [0.2, 0.25) is 0 Å². The highest BCUT2D eigenvalue weighted by Crippen LogP contribution is 2.41. The van der Waals surface area contributed by atoms with E-state index >= 15 is 0 Å². The Bertz CT molecular complexity index is 252. The molecule has 1 saturated carbocycles. The van der Waals surface area contributed by atoms with Gasteiger partial charge < -0.3 is 5.11 Å². The lowest BCUT2D eigenvalue weighted by molar-refractivity contribution is -0.151. The molecule has 1 rings (SSSR count). The molecule has 1 N–H and O–H groups in total. The molecule has 0 heterocycles. The maximum absolute atomic E-state index is 11.7. The standard InChI is InChI=1S/C13H22O3/c1-2-3-4-7-11(14)10-13(12(15)16)8-5-6-9-13/h2-10H2,1H3,(H,15,16). The van der Waals surface area contributed by atoms with Gasteiger partial charge in [-0.05, 0) is 19.3 Å². The molecule has 1 aliphatic carbocycles. The van der Waals surface area contributed by atoms with E-state index in [1.54, 1.807) is 0 Å². The van der Waals surface area contributed by atoms with Gasteiger partial charge in [-0.3, -0.25) is 9.59 Å². The Kier molecular flexibility index (Phi) is 4.97. The van der Waals surface area contributed by atoms with E-state index in [0.29, 0.717) is 19.3 Å². The van der Waals surface area contributed by atoms with Crippen LogP contribution in [0.2, 0.25) is 0 Å². The summed E-state index contributed by atoms with van der Waals surface area (Å²) in [4.78, 5) is 23.0. The molecule has 0 aliphatic heterocycles. The minimum atomic E-state index is -0.770. The Balaban J connectivity index is 2.43. The number of rotatable bonds is 7. The summed E-state index contributed by atoms with van der Waals surface area (Å²) in [5, 5.41) is 9.23. The fraction of sp³-hybridized carbons (Fsp3) is 0.846. The smallest absolute Gasteiger partial charge is 0.310 e. The van der Waals surface area contributed by atoms with E-state index in [1.807, 2.05) is 0 Å². The molecule has 0 atom stereocenters. The number of aliphatic carboxylic acids is 1. The third kappa shape index (κ3) is 3.32. The molecule has 1 aliphatic rings. The zero-order valence-corrected chi connectivity index (χ0v) is 10.1. The number of carbonyl (C=O) groups excluding carboxylic acids is 1. The molecule has 0 bridgehead atoms. The molecule has 0 spiro atoms. The van der Waals surface area contributed by atoms with Crippen LogP contribution in [0.3, 0.4) is 0 Å². The number of carbonyl (C=O) groups is 2. The van der Waals surface area contributed by atoms with E-state index in [9.17, 15) is 14.7 Å². The number of ketones is 1. The second-order valence-electron chi connectivity index (χ2n) is 4.97. The summed E-state index contributed by atoms with van der Waals surface area (Å²) < 4.78 is 0. The van der Waals surface area contributed by atoms with E-state index in [0.717, 1.165) is 32.1 Å². The van der Waals surface area contributed by atoms with Crippen molar-refractivity contribution in [2.75, 3.05) is 0 Å². The van der Waals surface area contributed by atoms with Crippen LogP contribution >= 0.6 is 0 Å². The Hall–Kier alpha value is -0.860. The van der Waals surface area contributed by atoms with Crippen molar-refractivity contribution in [2.45, 2.75) is 64.7 Å². The number of hydrogen-bond acceptors (Lipinski definition) is 2. The van der Waals surface area contributed by atoms with Gasteiger partial charge in [-0.25, -0.2) is 0 Å². The summed E-state index contributed by atoms with van der Waals surface area (Å²) in [5.41, 5.74) is -0.719. The Morgan fingerprint density at radius 2 is 1.81 bits per heavy atom. The second kappa shape index (κ2) is 6.02. The monoisotopic (exact) mass is 226 g/mol. The molecule has 0 radical (unpaired) electrons. The quantitative estimate of drug-likeness (QED) is 0.678.